The number of carbonyl (C=O) groups is 1. The summed E-state index contributed by atoms with van der Waals surface area (Å²) in [6.45, 7) is 3.08. The second kappa shape index (κ2) is 5.11. The van der Waals surface area contributed by atoms with Crippen molar-refractivity contribution in [2.75, 3.05) is 12.8 Å². The van der Waals surface area contributed by atoms with Crippen LogP contribution in [0.15, 0.2) is 16.8 Å². The van der Waals surface area contributed by atoms with Crippen LogP contribution in [-0.2, 0) is 4.79 Å². The van der Waals surface area contributed by atoms with E-state index >= 15 is 0 Å². The van der Waals surface area contributed by atoms with Crippen molar-refractivity contribution in [2.24, 2.45) is 0 Å². The van der Waals surface area contributed by atoms with Gasteiger partial charge in [0, 0.05) is 11.8 Å². The van der Waals surface area contributed by atoms with Gasteiger partial charge < -0.3 is 4.90 Å². The van der Waals surface area contributed by atoms with Crippen molar-refractivity contribution < 1.29 is 4.79 Å². The molecule has 0 radical (unpaired) electrons. The lowest BCUT2D eigenvalue weighted by Crippen LogP contribution is -2.33. The van der Waals surface area contributed by atoms with Gasteiger partial charge in [-0.1, -0.05) is 6.92 Å². The molecule has 1 aromatic heterocycles. The Balaban J connectivity index is 1.75. The minimum Gasteiger partial charge on any atom is -0.321 e. The van der Waals surface area contributed by atoms with Gasteiger partial charge in [-0.15, -0.1) is 0 Å². The van der Waals surface area contributed by atoms with Crippen molar-refractivity contribution in [1.82, 2.24) is 10.2 Å². The molecule has 1 amide bonds. The summed E-state index contributed by atoms with van der Waals surface area (Å²) in [6.07, 6.45) is 5.29. The zero-order chi connectivity index (χ0) is 13.5. The van der Waals surface area contributed by atoms with Gasteiger partial charge in [0.2, 0.25) is 5.91 Å². The molecule has 3 nitrogen and oxygen atoms in total. The molecule has 1 spiro atoms. The second-order valence-corrected chi connectivity index (χ2v) is 7.58. The fourth-order valence-electron chi connectivity index (χ4n) is 2.64. The molecule has 5 heteroatoms. The molecule has 2 heterocycles. The highest BCUT2D eigenvalue weighted by molar-refractivity contribution is 7.99. The summed E-state index contributed by atoms with van der Waals surface area (Å²) in [7, 11) is 0. The maximum Gasteiger partial charge on any atom is 0.244 e. The molecule has 1 aliphatic heterocycles. The van der Waals surface area contributed by atoms with E-state index in [4.69, 9.17) is 0 Å². The molecular weight excluding hydrogens is 276 g/mol. The van der Waals surface area contributed by atoms with E-state index in [-0.39, 0.29) is 11.7 Å². The Bertz CT molecular complexity index is 456. The van der Waals surface area contributed by atoms with E-state index in [0.29, 0.717) is 11.2 Å². The first-order chi connectivity index (χ1) is 9.16. The van der Waals surface area contributed by atoms with Gasteiger partial charge in [-0.05, 0) is 47.9 Å². The van der Waals surface area contributed by atoms with Crippen LogP contribution in [0.2, 0.25) is 0 Å². The SMILES string of the molecule is CSC(C)CCN1C(=O)C2(CC2)NC1c1ccsc1. The first-order valence-electron chi connectivity index (χ1n) is 6.80. The smallest absolute Gasteiger partial charge is 0.244 e. The number of hydrogen-bond donors (Lipinski definition) is 1. The van der Waals surface area contributed by atoms with Crippen LogP contribution >= 0.6 is 23.1 Å². The van der Waals surface area contributed by atoms with E-state index in [1.807, 2.05) is 11.8 Å². The van der Waals surface area contributed by atoms with Gasteiger partial charge in [0.15, 0.2) is 0 Å². The number of amides is 1. The Morgan fingerprint density at radius 1 is 1.63 bits per heavy atom. The molecule has 1 aromatic rings. The predicted octanol–water partition coefficient (Wildman–Crippen LogP) is 2.85. The topological polar surface area (TPSA) is 32.3 Å². The lowest BCUT2D eigenvalue weighted by molar-refractivity contribution is -0.130. The Morgan fingerprint density at radius 2 is 2.42 bits per heavy atom. The van der Waals surface area contributed by atoms with Crippen molar-refractivity contribution in [3.63, 3.8) is 0 Å². The highest BCUT2D eigenvalue weighted by Gasteiger charge is 2.59. The molecule has 19 heavy (non-hydrogen) atoms. The van der Waals surface area contributed by atoms with Gasteiger partial charge in [-0.2, -0.15) is 23.1 Å². The van der Waals surface area contributed by atoms with Gasteiger partial charge in [-0.25, -0.2) is 0 Å². The van der Waals surface area contributed by atoms with Crippen molar-refractivity contribution in [2.45, 2.75) is 43.1 Å². The number of thioether (sulfide) groups is 1. The zero-order valence-corrected chi connectivity index (χ0v) is 13.0. The van der Waals surface area contributed by atoms with Gasteiger partial charge in [0.25, 0.3) is 0 Å². The van der Waals surface area contributed by atoms with Gasteiger partial charge in [-0.3, -0.25) is 10.1 Å². The maximum absolute atomic E-state index is 12.6. The Kier molecular flexibility index (Phi) is 3.62. The molecule has 2 unspecified atom stereocenters. The quantitative estimate of drug-likeness (QED) is 0.907. The van der Waals surface area contributed by atoms with Crippen molar-refractivity contribution >= 4 is 29.0 Å². The summed E-state index contributed by atoms with van der Waals surface area (Å²) in [6, 6.07) is 2.13. The van der Waals surface area contributed by atoms with Crippen molar-refractivity contribution in [1.29, 1.82) is 0 Å². The highest BCUT2D eigenvalue weighted by atomic mass is 32.2. The molecule has 2 atom stereocenters. The van der Waals surface area contributed by atoms with Crippen LogP contribution in [0.3, 0.4) is 0 Å². The van der Waals surface area contributed by atoms with Crippen LogP contribution in [-0.4, -0.2) is 34.4 Å². The van der Waals surface area contributed by atoms with Crippen LogP contribution in [0.4, 0.5) is 0 Å². The van der Waals surface area contributed by atoms with E-state index < -0.39 is 0 Å². The molecule has 1 N–H and O–H groups in total. The number of thiophene rings is 1. The normalized spacial score (nSPS) is 26.1. The molecule has 0 aromatic carbocycles. The average molecular weight is 296 g/mol. The van der Waals surface area contributed by atoms with Crippen LogP contribution in [0.1, 0.15) is 37.9 Å². The zero-order valence-electron chi connectivity index (χ0n) is 11.4. The fraction of sp³-hybridized carbons (Fsp3) is 0.643. The lowest BCUT2D eigenvalue weighted by atomic mass is 10.2. The molecule has 3 rings (SSSR count). The monoisotopic (exact) mass is 296 g/mol. The van der Waals surface area contributed by atoms with Crippen LogP contribution in [0.25, 0.3) is 0 Å². The second-order valence-electron chi connectivity index (χ2n) is 5.52. The Morgan fingerprint density at radius 3 is 3.00 bits per heavy atom. The summed E-state index contributed by atoms with van der Waals surface area (Å²) in [5.74, 6) is 0.317. The van der Waals surface area contributed by atoms with Crippen LogP contribution in [0.5, 0.6) is 0 Å². The molecule has 2 fully saturated rings. The summed E-state index contributed by atoms with van der Waals surface area (Å²) in [4.78, 5) is 14.6. The number of carbonyl (C=O) groups excluding carboxylic acids is 1. The number of nitrogens with zero attached hydrogens (tertiary/aromatic N) is 1. The van der Waals surface area contributed by atoms with Gasteiger partial charge in [0.05, 0.1) is 0 Å². The van der Waals surface area contributed by atoms with Crippen LogP contribution in [0, 0.1) is 0 Å². The number of rotatable bonds is 5. The third-order valence-electron chi connectivity index (χ3n) is 4.18. The maximum atomic E-state index is 12.6. The Labute approximate surface area is 122 Å². The number of hydrogen-bond acceptors (Lipinski definition) is 4. The third kappa shape index (κ3) is 2.43. The molecule has 0 bridgehead atoms. The summed E-state index contributed by atoms with van der Waals surface area (Å²) < 4.78 is 0. The van der Waals surface area contributed by atoms with E-state index in [1.165, 1.54) is 5.56 Å². The fourth-order valence-corrected chi connectivity index (χ4v) is 3.66. The Hall–Kier alpha value is -0.520. The highest BCUT2D eigenvalue weighted by Crippen LogP contribution is 2.46. The standard InChI is InChI=1S/C14H20N2OS2/c1-10(18-2)3-7-16-12(11-4-8-19-9-11)15-14(5-6-14)13(16)17/h4,8-10,12,15H,3,5-7H2,1-2H3. The predicted molar refractivity (Wildman–Crippen MR) is 81.5 cm³/mol. The van der Waals surface area contributed by atoms with Crippen molar-refractivity contribution in [3.05, 3.63) is 22.4 Å². The first-order valence-corrected chi connectivity index (χ1v) is 9.03. The van der Waals surface area contributed by atoms with E-state index in [2.05, 4.69) is 40.2 Å². The summed E-state index contributed by atoms with van der Waals surface area (Å²) >= 11 is 3.56. The van der Waals surface area contributed by atoms with E-state index in [1.54, 1.807) is 11.3 Å². The summed E-state index contributed by atoms with van der Waals surface area (Å²) in [5, 5.41) is 8.40. The molecular formula is C14H20N2OS2. The van der Waals surface area contributed by atoms with Gasteiger partial charge >= 0.3 is 0 Å². The van der Waals surface area contributed by atoms with E-state index in [9.17, 15) is 4.79 Å². The first kappa shape index (κ1) is 13.5. The largest absolute Gasteiger partial charge is 0.321 e. The molecule has 2 aliphatic rings. The van der Waals surface area contributed by atoms with E-state index in [0.717, 1.165) is 25.8 Å². The number of nitrogens with one attached hydrogen (secondary N) is 1. The molecule has 1 aliphatic carbocycles. The lowest BCUT2D eigenvalue weighted by Gasteiger charge is -2.24. The molecule has 104 valence electrons. The van der Waals surface area contributed by atoms with Crippen molar-refractivity contribution in [3.8, 4) is 0 Å². The summed E-state index contributed by atoms with van der Waals surface area (Å²) in [5.41, 5.74) is 1.02. The van der Waals surface area contributed by atoms with Gasteiger partial charge in [0.1, 0.15) is 11.7 Å². The average Bonchev–Trinajstić information content (AvgIpc) is 2.89. The third-order valence-corrected chi connectivity index (χ3v) is 5.92. The molecule has 1 saturated carbocycles. The molecule has 1 saturated heterocycles. The minimum atomic E-state index is -0.213. The van der Waals surface area contributed by atoms with Crippen LogP contribution < -0.4 is 5.32 Å². The minimum absolute atomic E-state index is 0.0929.